The molecule has 0 aromatic rings. The van der Waals surface area contributed by atoms with E-state index in [1.807, 2.05) is 0 Å². The zero-order chi connectivity index (χ0) is 10.9. The average molecular weight is 209 g/mol. The van der Waals surface area contributed by atoms with Gasteiger partial charge in [0.15, 0.2) is 0 Å². The van der Waals surface area contributed by atoms with Crippen LogP contribution in [0.1, 0.15) is 58.8 Å². The molecular weight excluding hydrogens is 182 g/mol. The molecule has 88 valence electrons. The van der Waals surface area contributed by atoms with Gasteiger partial charge in [0, 0.05) is 6.54 Å². The van der Waals surface area contributed by atoms with Crippen molar-refractivity contribution in [2.75, 3.05) is 13.1 Å². The third-order valence-electron chi connectivity index (χ3n) is 3.44. The van der Waals surface area contributed by atoms with Crippen LogP contribution in [0.3, 0.4) is 0 Å². The van der Waals surface area contributed by atoms with Gasteiger partial charge in [-0.15, -0.1) is 0 Å². The zero-order valence-corrected chi connectivity index (χ0v) is 10.5. The van der Waals surface area contributed by atoms with Crippen molar-refractivity contribution in [3.8, 4) is 0 Å². The van der Waals surface area contributed by atoms with Crippen LogP contribution in [0.5, 0.6) is 0 Å². The van der Waals surface area contributed by atoms with Gasteiger partial charge in [-0.1, -0.05) is 51.2 Å². The first-order chi connectivity index (χ1) is 7.38. The van der Waals surface area contributed by atoms with Crippen LogP contribution in [0.2, 0.25) is 0 Å². The van der Waals surface area contributed by atoms with Crippen LogP contribution in [0, 0.1) is 5.92 Å². The SMILES string of the molecule is CCCCC(CCCC)C1=CCNCC1. The van der Waals surface area contributed by atoms with Gasteiger partial charge >= 0.3 is 0 Å². The summed E-state index contributed by atoms with van der Waals surface area (Å²) in [4.78, 5) is 0. The molecule has 0 aliphatic carbocycles. The molecule has 15 heavy (non-hydrogen) atoms. The summed E-state index contributed by atoms with van der Waals surface area (Å²) in [6.07, 6.45) is 12.1. The lowest BCUT2D eigenvalue weighted by molar-refractivity contribution is 0.453. The van der Waals surface area contributed by atoms with Crippen molar-refractivity contribution >= 4 is 0 Å². The Hall–Kier alpha value is -0.300. The van der Waals surface area contributed by atoms with Crippen LogP contribution in [-0.2, 0) is 0 Å². The van der Waals surface area contributed by atoms with E-state index in [4.69, 9.17) is 0 Å². The molecule has 1 nitrogen and oxygen atoms in total. The molecule has 0 amide bonds. The van der Waals surface area contributed by atoms with Crippen molar-refractivity contribution in [2.24, 2.45) is 5.92 Å². The minimum Gasteiger partial charge on any atom is -0.313 e. The highest BCUT2D eigenvalue weighted by Gasteiger charge is 2.14. The Morgan fingerprint density at radius 3 is 2.33 bits per heavy atom. The number of nitrogens with one attached hydrogen (secondary N) is 1. The Bertz CT molecular complexity index is 176. The second kappa shape index (κ2) is 7.92. The van der Waals surface area contributed by atoms with Gasteiger partial charge in [-0.3, -0.25) is 0 Å². The quantitative estimate of drug-likeness (QED) is 0.627. The Balaban J connectivity index is 2.41. The molecule has 0 aromatic carbocycles. The second-order valence-corrected chi connectivity index (χ2v) is 4.71. The molecule has 1 heterocycles. The number of rotatable bonds is 7. The molecular formula is C14H27N. The minimum absolute atomic E-state index is 0.895. The zero-order valence-electron chi connectivity index (χ0n) is 10.5. The van der Waals surface area contributed by atoms with Crippen LogP contribution >= 0.6 is 0 Å². The maximum atomic E-state index is 3.41. The summed E-state index contributed by atoms with van der Waals surface area (Å²) < 4.78 is 0. The summed E-state index contributed by atoms with van der Waals surface area (Å²) in [6.45, 7) is 6.89. The summed E-state index contributed by atoms with van der Waals surface area (Å²) in [5.74, 6) is 0.895. The lowest BCUT2D eigenvalue weighted by Gasteiger charge is -2.23. The molecule has 0 fully saturated rings. The summed E-state index contributed by atoms with van der Waals surface area (Å²) in [6, 6.07) is 0. The van der Waals surface area contributed by atoms with Gasteiger partial charge in [-0.25, -0.2) is 0 Å². The first-order valence-corrected chi connectivity index (χ1v) is 6.78. The molecule has 0 saturated heterocycles. The molecule has 0 bridgehead atoms. The van der Waals surface area contributed by atoms with Gasteiger partial charge in [0.2, 0.25) is 0 Å². The lowest BCUT2D eigenvalue weighted by Crippen LogP contribution is -2.23. The predicted molar refractivity (Wildman–Crippen MR) is 68.1 cm³/mol. The maximum absolute atomic E-state index is 3.41. The Morgan fingerprint density at radius 1 is 1.20 bits per heavy atom. The minimum atomic E-state index is 0.895. The van der Waals surface area contributed by atoms with Crippen molar-refractivity contribution < 1.29 is 0 Å². The van der Waals surface area contributed by atoms with Gasteiger partial charge in [-0.05, 0) is 31.7 Å². The fourth-order valence-electron chi connectivity index (χ4n) is 2.43. The van der Waals surface area contributed by atoms with Gasteiger partial charge in [0.1, 0.15) is 0 Å². The third-order valence-corrected chi connectivity index (χ3v) is 3.44. The van der Waals surface area contributed by atoms with Crippen molar-refractivity contribution in [3.63, 3.8) is 0 Å². The van der Waals surface area contributed by atoms with E-state index in [-0.39, 0.29) is 0 Å². The third kappa shape index (κ3) is 4.83. The molecule has 0 spiro atoms. The predicted octanol–water partition coefficient (Wildman–Crippen LogP) is 3.90. The van der Waals surface area contributed by atoms with Crippen LogP contribution in [0.15, 0.2) is 11.6 Å². The normalized spacial score (nSPS) is 16.9. The van der Waals surface area contributed by atoms with E-state index in [0.29, 0.717) is 0 Å². The van der Waals surface area contributed by atoms with Crippen LogP contribution in [-0.4, -0.2) is 13.1 Å². The summed E-state index contributed by atoms with van der Waals surface area (Å²) in [5.41, 5.74) is 1.75. The lowest BCUT2D eigenvalue weighted by atomic mass is 9.86. The number of hydrogen-bond acceptors (Lipinski definition) is 1. The van der Waals surface area contributed by atoms with Crippen molar-refractivity contribution in [2.45, 2.75) is 58.8 Å². The van der Waals surface area contributed by atoms with Crippen LogP contribution < -0.4 is 5.32 Å². The summed E-state index contributed by atoms with van der Waals surface area (Å²) >= 11 is 0. The van der Waals surface area contributed by atoms with E-state index in [0.717, 1.165) is 12.5 Å². The van der Waals surface area contributed by atoms with E-state index < -0.39 is 0 Å². The molecule has 1 rings (SSSR count). The molecule has 0 unspecified atom stereocenters. The molecule has 1 N–H and O–H groups in total. The van der Waals surface area contributed by atoms with Gasteiger partial charge < -0.3 is 5.32 Å². The highest BCUT2D eigenvalue weighted by atomic mass is 14.8. The Labute approximate surface area is 95.3 Å². The van der Waals surface area contributed by atoms with E-state index in [2.05, 4.69) is 25.2 Å². The standard InChI is InChI=1S/C14H27N/c1-3-5-7-13(8-6-4-2)14-9-11-15-12-10-14/h9,13,15H,3-8,10-12H2,1-2H3. The Morgan fingerprint density at radius 2 is 1.87 bits per heavy atom. The average Bonchev–Trinajstić information content (AvgIpc) is 2.30. The van der Waals surface area contributed by atoms with E-state index in [1.165, 1.54) is 51.5 Å². The second-order valence-electron chi connectivity index (χ2n) is 4.71. The van der Waals surface area contributed by atoms with Crippen molar-refractivity contribution in [1.82, 2.24) is 5.32 Å². The molecule has 0 radical (unpaired) electrons. The highest BCUT2D eigenvalue weighted by molar-refractivity contribution is 5.10. The van der Waals surface area contributed by atoms with Gasteiger partial charge in [0.05, 0.1) is 0 Å². The largest absolute Gasteiger partial charge is 0.313 e. The first kappa shape index (κ1) is 12.8. The number of hydrogen-bond donors (Lipinski definition) is 1. The van der Waals surface area contributed by atoms with Gasteiger partial charge in [0.25, 0.3) is 0 Å². The van der Waals surface area contributed by atoms with Crippen molar-refractivity contribution in [1.29, 1.82) is 0 Å². The smallest absolute Gasteiger partial charge is 0.0137 e. The first-order valence-electron chi connectivity index (χ1n) is 6.78. The van der Waals surface area contributed by atoms with Gasteiger partial charge in [-0.2, -0.15) is 0 Å². The molecule has 0 saturated carbocycles. The molecule has 1 aliphatic heterocycles. The molecule has 0 atom stereocenters. The van der Waals surface area contributed by atoms with E-state index >= 15 is 0 Å². The molecule has 0 aromatic heterocycles. The highest BCUT2D eigenvalue weighted by Crippen LogP contribution is 2.27. The summed E-state index contributed by atoms with van der Waals surface area (Å²) in [7, 11) is 0. The summed E-state index contributed by atoms with van der Waals surface area (Å²) in [5, 5.41) is 3.41. The van der Waals surface area contributed by atoms with Crippen molar-refractivity contribution in [3.05, 3.63) is 11.6 Å². The maximum Gasteiger partial charge on any atom is 0.0137 e. The number of unbranched alkanes of at least 4 members (excludes halogenated alkanes) is 2. The molecule has 1 aliphatic rings. The Kier molecular flexibility index (Phi) is 6.74. The topological polar surface area (TPSA) is 12.0 Å². The van der Waals surface area contributed by atoms with Crippen LogP contribution in [0.25, 0.3) is 0 Å². The van der Waals surface area contributed by atoms with Crippen LogP contribution in [0.4, 0.5) is 0 Å². The fraction of sp³-hybridized carbons (Fsp3) is 0.857. The van der Waals surface area contributed by atoms with E-state index in [9.17, 15) is 0 Å². The monoisotopic (exact) mass is 209 g/mol. The molecule has 1 heteroatoms. The fourth-order valence-corrected chi connectivity index (χ4v) is 2.43. The van der Waals surface area contributed by atoms with E-state index in [1.54, 1.807) is 5.57 Å².